The fraction of sp³-hybridized carbons (Fsp3) is 0.562. The molecule has 0 aliphatic carbocycles. The van der Waals surface area contributed by atoms with Gasteiger partial charge in [0.1, 0.15) is 5.76 Å². The molecule has 1 rings (SSSR count). The minimum absolute atomic E-state index is 0.130. The Labute approximate surface area is 121 Å². The number of carbonyl (C=O) groups is 1. The molecule has 0 aliphatic rings. The second-order valence-electron chi connectivity index (χ2n) is 5.62. The van der Waals surface area contributed by atoms with Crippen LogP contribution in [0.15, 0.2) is 35.1 Å². The molecule has 20 heavy (non-hydrogen) atoms. The van der Waals surface area contributed by atoms with Crippen LogP contribution in [-0.4, -0.2) is 11.9 Å². The topological polar surface area (TPSA) is 68.3 Å². The van der Waals surface area contributed by atoms with Crippen molar-refractivity contribution in [3.05, 3.63) is 36.4 Å². The number of aryl methyl sites for hydroxylation is 1. The first kappa shape index (κ1) is 16.5. The Balaban J connectivity index is 2.14. The number of hydrogen-bond acceptors (Lipinski definition) is 3. The summed E-state index contributed by atoms with van der Waals surface area (Å²) in [4.78, 5) is 11.8. The highest BCUT2D eigenvalue weighted by Gasteiger charge is 2.15. The SMILES string of the molecule is C=C(CCCCc1ccco1)NC(=O)[C@@H](N)CC(C)C. The van der Waals surface area contributed by atoms with Gasteiger partial charge in [0, 0.05) is 12.1 Å². The van der Waals surface area contributed by atoms with E-state index < -0.39 is 6.04 Å². The Morgan fingerprint density at radius 1 is 1.45 bits per heavy atom. The summed E-state index contributed by atoms with van der Waals surface area (Å²) in [5, 5.41) is 2.80. The lowest BCUT2D eigenvalue weighted by molar-refractivity contribution is -0.122. The Hall–Kier alpha value is -1.55. The number of furan rings is 1. The quantitative estimate of drug-likeness (QED) is 0.682. The molecule has 4 nitrogen and oxygen atoms in total. The van der Waals surface area contributed by atoms with Crippen LogP contribution in [0.5, 0.6) is 0 Å². The normalized spacial score (nSPS) is 12.4. The lowest BCUT2D eigenvalue weighted by Gasteiger charge is -2.15. The summed E-state index contributed by atoms with van der Waals surface area (Å²) in [5.41, 5.74) is 6.56. The van der Waals surface area contributed by atoms with Gasteiger partial charge in [-0.1, -0.05) is 20.4 Å². The molecule has 0 aromatic carbocycles. The summed E-state index contributed by atoms with van der Waals surface area (Å²) < 4.78 is 5.26. The molecular weight excluding hydrogens is 252 g/mol. The number of carbonyl (C=O) groups excluding carboxylic acids is 1. The first-order valence-electron chi connectivity index (χ1n) is 7.25. The summed E-state index contributed by atoms with van der Waals surface area (Å²) in [6, 6.07) is 3.42. The van der Waals surface area contributed by atoms with Crippen molar-refractivity contribution < 1.29 is 9.21 Å². The minimum atomic E-state index is -0.449. The van der Waals surface area contributed by atoms with Crippen molar-refractivity contribution in [3.8, 4) is 0 Å². The van der Waals surface area contributed by atoms with Crippen molar-refractivity contribution in [1.82, 2.24) is 5.32 Å². The van der Waals surface area contributed by atoms with E-state index in [1.54, 1.807) is 6.26 Å². The van der Waals surface area contributed by atoms with E-state index in [1.165, 1.54) is 0 Å². The van der Waals surface area contributed by atoms with Crippen LogP contribution >= 0.6 is 0 Å². The zero-order valence-corrected chi connectivity index (χ0v) is 12.5. The Morgan fingerprint density at radius 3 is 2.80 bits per heavy atom. The maximum absolute atomic E-state index is 11.8. The first-order valence-corrected chi connectivity index (χ1v) is 7.25. The fourth-order valence-corrected chi connectivity index (χ4v) is 2.04. The maximum Gasteiger partial charge on any atom is 0.241 e. The molecule has 1 aromatic heterocycles. The molecule has 0 fully saturated rings. The van der Waals surface area contributed by atoms with Gasteiger partial charge in [-0.05, 0) is 43.7 Å². The van der Waals surface area contributed by atoms with Crippen LogP contribution in [0, 0.1) is 5.92 Å². The highest BCUT2D eigenvalue weighted by Crippen LogP contribution is 2.10. The molecule has 0 saturated heterocycles. The van der Waals surface area contributed by atoms with E-state index in [2.05, 4.69) is 25.7 Å². The van der Waals surface area contributed by atoms with E-state index in [0.29, 0.717) is 12.3 Å². The van der Waals surface area contributed by atoms with Crippen LogP contribution in [0.1, 0.15) is 45.3 Å². The Morgan fingerprint density at radius 2 is 2.20 bits per heavy atom. The van der Waals surface area contributed by atoms with Gasteiger partial charge in [-0.15, -0.1) is 0 Å². The van der Waals surface area contributed by atoms with Crippen LogP contribution in [0.25, 0.3) is 0 Å². The van der Waals surface area contributed by atoms with Crippen molar-refractivity contribution in [2.75, 3.05) is 0 Å². The third kappa shape index (κ3) is 6.57. The molecule has 0 radical (unpaired) electrons. The number of nitrogens with one attached hydrogen (secondary N) is 1. The number of nitrogens with two attached hydrogens (primary N) is 1. The van der Waals surface area contributed by atoms with Gasteiger partial charge in [-0.25, -0.2) is 0 Å². The molecule has 3 N–H and O–H groups in total. The average molecular weight is 278 g/mol. The van der Waals surface area contributed by atoms with Gasteiger partial charge < -0.3 is 15.5 Å². The van der Waals surface area contributed by atoms with Crippen molar-refractivity contribution in [2.24, 2.45) is 11.7 Å². The number of rotatable bonds is 9. The molecule has 112 valence electrons. The summed E-state index contributed by atoms with van der Waals surface area (Å²) in [6.45, 7) is 7.98. The van der Waals surface area contributed by atoms with E-state index in [0.717, 1.165) is 37.1 Å². The van der Waals surface area contributed by atoms with Crippen LogP contribution in [0.3, 0.4) is 0 Å². The monoisotopic (exact) mass is 278 g/mol. The van der Waals surface area contributed by atoms with E-state index in [-0.39, 0.29) is 5.91 Å². The molecule has 4 heteroatoms. The van der Waals surface area contributed by atoms with Gasteiger partial charge in [0.05, 0.1) is 12.3 Å². The van der Waals surface area contributed by atoms with Crippen molar-refractivity contribution in [2.45, 2.75) is 52.0 Å². The van der Waals surface area contributed by atoms with Crippen LogP contribution in [-0.2, 0) is 11.2 Å². The van der Waals surface area contributed by atoms with Crippen molar-refractivity contribution in [1.29, 1.82) is 0 Å². The maximum atomic E-state index is 11.8. The predicted octanol–water partition coefficient (Wildman–Crippen LogP) is 3.00. The molecule has 0 spiro atoms. The lowest BCUT2D eigenvalue weighted by atomic mass is 10.0. The molecule has 1 aromatic rings. The molecule has 0 unspecified atom stereocenters. The smallest absolute Gasteiger partial charge is 0.241 e. The van der Waals surface area contributed by atoms with Gasteiger partial charge in [-0.3, -0.25) is 4.79 Å². The zero-order chi connectivity index (χ0) is 15.0. The molecule has 0 aliphatic heterocycles. The third-order valence-corrected chi connectivity index (χ3v) is 3.09. The molecule has 1 heterocycles. The van der Waals surface area contributed by atoms with Crippen LogP contribution < -0.4 is 11.1 Å². The van der Waals surface area contributed by atoms with E-state index in [4.69, 9.17) is 10.2 Å². The minimum Gasteiger partial charge on any atom is -0.469 e. The highest BCUT2D eigenvalue weighted by atomic mass is 16.3. The van der Waals surface area contributed by atoms with Crippen molar-refractivity contribution in [3.63, 3.8) is 0 Å². The van der Waals surface area contributed by atoms with Gasteiger partial charge in [-0.2, -0.15) is 0 Å². The summed E-state index contributed by atoms with van der Waals surface area (Å²) >= 11 is 0. The number of hydrogen-bond donors (Lipinski definition) is 2. The highest BCUT2D eigenvalue weighted by molar-refractivity contribution is 5.82. The second-order valence-corrected chi connectivity index (χ2v) is 5.62. The van der Waals surface area contributed by atoms with E-state index >= 15 is 0 Å². The van der Waals surface area contributed by atoms with Crippen molar-refractivity contribution >= 4 is 5.91 Å². The Kier molecular flexibility index (Phi) is 7.09. The van der Waals surface area contributed by atoms with Gasteiger partial charge in [0.15, 0.2) is 0 Å². The number of allylic oxidation sites excluding steroid dienone is 1. The van der Waals surface area contributed by atoms with Crippen LogP contribution in [0.2, 0.25) is 0 Å². The summed E-state index contributed by atoms with van der Waals surface area (Å²) in [5.74, 6) is 1.28. The zero-order valence-electron chi connectivity index (χ0n) is 12.5. The summed E-state index contributed by atoms with van der Waals surface area (Å²) in [7, 11) is 0. The lowest BCUT2D eigenvalue weighted by Crippen LogP contribution is -2.40. The van der Waals surface area contributed by atoms with Gasteiger partial charge >= 0.3 is 0 Å². The van der Waals surface area contributed by atoms with E-state index in [1.807, 2.05) is 12.1 Å². The number of unbranched alkanes of at least 4 members (excludes halogenated alkanes) is 1. The first-order chi connectivity index (χ1) is 9.49. The second kappa shape index (κ2) is 8.59. The van der Waals surface area contributed by atoms with Gasteiger partial charge in [0.2, 0.25) is 5.91 Å². The largest absolute Gasteiger partial charge is 0.469 e. The van der Waals surface area contributed by atoms with Crippen LogP contribution in [0.4, 0.5) is 0 Å². The fourth-order valence-electron chi connectivity index (χ4n) is 2.04. The predicted molar refractivity (Wildman–Crippen MR) is 81.0 cm³/mol. The molecule has 1 amide bonds. The van der Waals surface area contributed by atoms with E-state index in [9.17, 15) is 4.79 Å². The average Bonchev–Trinajstić information content (AvgIpc) is 2.86. The molecule has 0 saturated carbocycles. The summed E-state index contributed by atoms with van der Waals surface area (Å²) in [6.07, 6.45) is 6.06. The van der Waals surface area contributed by atoms with Gasteiger partial charge in [0.25, 0.3) is 0 Å². The Bertz CT molecular complexity index is 410. The number of amides is 1. The third-order valence-electron chi connectivity index (χ3n) is 3.09. The molecular formula is C16H26N2O2. The standard InChI is InChI=1S/C16H26N2O2/c1-12(2)11-15(17)16(19)18-13(3)7-4-5-8-14-9-6-10-20-14/h6,9-10,12,15H,3-5,7-8,11,17H2,1-2H3,(H,18,19)/t15-/m0/s1. The molecule has 1 atom stereocenters. The molecule has 0 bridgehead atoms.